The van der Waals surface area contributed by atoms with E-state index in [1.165, 1.54) is 24.3 Å². The number of nitrogens with one attached hydrogen (secondary N) is 3. The Balaban J connectivity index is 1.72. The van der Waals surface area contributed by atoms with Crippen LogP contribution in [0.3, 0.4) is 0 Å². The van der Waals surface area contributed by atoms with Crippen molar-refractivity contribution < 1.29 is 19.4 Å². The predicted octanol–water partition coefficient (Wildman–Crippen LogP) is 4.98. The van der Waals surface area contributed by atoms with E-state index in [-0.39, 0.29) is 51.7 Å². The van der Waals surface area contributed by atoms with Gasteiger partial charge < -0.3 is 30.6 Å². The van der Waals surface area contributed by atoms with E-state index in [4.69, 9.17) is 16.6 Å². The van der Waals surface area contributed by atoms with Crippen molar-refractivity contribution in [1.29, 1.82) is 5.41 Å². The molecule has 4 heterocycles. The molecule has 1 aromatic carbocycles. The van der Waals surface area contributed by atoms with Gasteiger partial charge in [0.25, 0.3) is 0 Å². The van der Waals surface area contributed by atoms with E-state index in [2.05, 4.69) is 22.2 Å². The highest BCUT2D eigenvalue weighted by atomic mass is 35.5. The molecule has 3 unspecified atom stereocenters. The van der Waals surface area contributed by atoms with Crippen LogP contribution >= 0.6 is 11.6 Å². The zero-order valence-corrected chi connectivity index (χ0v) is 24.3. The number of nitrogens with zero attached hydrogens (tertiary/aromatic N) is 4. The summed E-state index contributed by atoms with van der Waals surface area (Å²) in [6.45, 7) is 10.2. The van der Waals surface area contributed by atoms with Crippen molar-refractivity contribution in [3.05, 3.63) is 70.8 Å². The minimum Gasteiger partial charge on any atom is -0.507 e. The Hall–Kier alpha value is -4.22. The lowest BCUT2D eigenvalue weighted by Crippen LogP contribution is -2.61. The van der Waals surface area contributed by atoms with Crippen LogP contribution < -0.4 is 10.6 Å². The van der Waals surface area contributed by atoms with Crippen LogP contribution in [-0.2, 0) is 4.79 Å². The smallest absolute Gasteiger partial charge is 0.246 e. The highest BCUT2D eigenvalue weighted by Gasteiger charge is 2.38. The third-order valence-electron chi connectivity index (χ3n) is 7.80. The first kappa shape index (κ1) is 29.3. The summed E-state index contributed by atoms with van der Waals surface area (Å²) in [5.41, 5.74) is 2.10. The Morgan fingerprint density at radius 3 is 2.79 bits per heavy atom. The van der Waals surface area contributed by atoms with Crippen molar-refractivity contribution in [1.82, 2.24) is 19.8 Å². The fraction of sp³-hybridized carbons (Fsp3) is 0.333. The average Bonchev–Trinajstić information content (AvgIpc) is 2.94. The lowest BCUT2D eigenvalue weighted by Gasteiger charge is -2.47. The van der Waals surface area contributed by atoms with E-state index in [0.29, 0.717) is 48.7 Å². The van der Waals surface area contributed by atoms with Crippen molar-refractivity contribution >= 4 is 40.5 Å². The zero-order chi connectivity index (χ0) is 30.3. The van der Waals surface area contributed by atoms with Crippen LogP contribution in [-0.4, -0.2) is 73.4 Å². The van der Waals surface area contributed by atoms with Crippen LogP contribution in [0.5, 0.6) is 5.75 Å². The number of fused-ring (bicyclic) bond motifs is 2. The molecule has 2 aliphatic rings. The number of carbonyl (C=O) groups excluding carboxylic acids is 1. The molecule has 2 aliphatic heterocycles. The highest BCUT2D eigenvalue weighted by Crippen LogP contribution is 2.44. The van der Waals surface area contributed by atoms with Crippen LogP contribution in [0.15, 0.2) is 43.1 Å². The number of halogens is 2. The van der Waals surface area contributed by atoms with Crippen molar-refractivity contribution in [3.63, 3.8) is 0 Å². The van der Waals surface area contributed by atoms with Gasteiger partial charge in [-0.05, 0) is 57.0 Å². The van der Waals surface area contributed by atoms with Gasteiger partial charge in [0.05, 0.1) is 39.3 Å². The standard InChI is InChI=1S/C30H33ClFN7O3/c1-5-21(42)38-14-18-10-12-35-27-23(29(33)39(18)13-16(38)3)30(36-25-15(2)9-11-34-26(25)17(4)40)37-28(24(27)31)22-19(32)7-6-8-20(22)41/h5-9,11,16-18,33,35,40-41H,1,10,12-14H2,2-4H3,(H,36,37). The number of aliphatic hydroxyl groups is 1. The molecule has 10 nitrogen and oxygen atoms in total. The third kappa shape index (κ3) is 5.14. The largest absolute Gasteiger partial charge is 0.507 e. The molecule has 0 aliphatic carbocycles. The lowest BCUT2D eigenvalue weighted by atomic mass is 9.98. The maximum absolute atomic E-state index is 15.1. The van der Waals surface area contributed by atoms with Gasteiger partial charge in [0, 0.05) is 37.9 Å². The average molecular weight is 594 g/mol. The summed E-state index contributed by atoms with van der Waals surface area (Å²) in [6, 6.07) is 5.35. The molecule has 0 spiro atoms. The van der Waals surface area contributed by atoms with Crippen LogP contribution in [0.1, 0.15) is 43.2 Å². The minimum atomic E-state index is -0.921. The van der Waals surface area contributed by atoms with Gasteiger partial charge in [-0.15, -0.1) is 0 Å². The first-order valence-electron chi connectivity index (χ1n) is 13.7. The van der Waals surface area contributed by atoms with Crippen LogP contribution in [0, 0.1) is 18.2 Å². The summed E-state index contributed by atoms with van der Waals surface area (Å²) < 4.78 is 15.1. The molecule has 220 valence electrons. The first-order valence-corrected chi connectivity index (χ1v) is 14.1. The first-order chi connectivity index (χ1) is 20.0. The molecule has 3 aromatic rings. The second kappa shape index (κ2) is 11.6. The molecular weight excluding hydrogens is 561 g/mol. The van der Waals surface area contributed by atoms with Gasteiger partial charge in [0.1, 0.15) is 28.9 Å². The molecule has 12 heteroatoms. The quantitative estimate of drug-likeness (QED) is 0.261. The Morgan fingerprint density at radius 1 is 1.33 bits per heavy atom. The Morgan fingerprint density at radius 2 is 2.10 bits per heavy atom. The number of aryl methyl sites for hydroxylation is 1. The van der Waals surface area contributed by atoms with E-state index in [1.54, 1.807) is 24.1 Å². The van der Waals surface area contributed by atoms with Gasteiger partial charge in [-0.3, -0.25) is 15.2 Å². The SMILES string of the molecule is C=CC(=O)N1CC2CCNc3c(Cl)c(-c4c(O)cccc4F)nc(Nc4c(C)ccnc4C(C)O)c3C(=N)N2CC1C. The zero-order valence-electron chi connectivity index (χ0n) is 23.6. The van der Waals surface area contributed by atoms with Crippen molar-refractivity contribution in [2.24, 2.45) is 0 Å². The number of aliphatic hydroxyl groups excluding tert-OH is 1. The molecule has 1 amide bonds. The van der Waals surface area contributed by atoms with E-state index in [9.17, 15) is 20.4 Å². The number of amidine groups is 1. The number of hydrogen-bond donors (Lipinski definition) is 5. The fourth-order valence-electron chi connectivity index (χ4n) is 5.63. The molecule has 0 bridgehead atoms. The second-order valence-corrected chi connectivity index (χ2v) is 11.0. The summed E-state index contributed by atoms with van der Waals surface area (Å²) in [5.74, 6) is -0.935. The van der Waals surface area contributed by atoms with Gasteiger partial charge in [-0.1, -0.05) is 24.2 Å². The number of pyridine rings is 2. The number of aromatic nitrogens is 2. The number of phenols is 1. The van der Waals surface area contributed by atoms with E-state index >= 15 is 4.39 Å². The van der Waals surface area contributed by atoms with E-state index in [1.807, 2.05) is 18.7 Å². The maximum atomic E-state index is 15.1. The van der Waals surface area contributed by atoms with Crippen LogP contribution in [0.4, 0.5) is 21.6 Å². The van der Waals surface area contributed by atoms with Crippen LogP contribution in [0.25, 0.3) is 11.3 Å². The molecule has 42 heavy (non-hydrogen) atoms. The molecule has 1 fully saturated rings. The number of carbonyl (C=O) groups is 1. The maximum Gasteiger partial charge on any atom is 0.246 e. The van der Waals surface area contributed by atoms with E-state index < -0.39 is 11.9 Å². The van der Waals surface area contributed by atoms with Gasteiger partial charge in [0.15, 0.2) is 0 Å². The molecule has 0 radical (unpaired) electrons. The van der Waals surface area contributed by atoms with Crippen molar-refractivity contribution in [2.45, 2.75) is 45.4 Å². The molecular formula is C30H33ClFN7O3. The fourth-order valence-corrected chi connectivity index (χ4v) is 5.93. The summed E-state index contributed by atoms with van der Waals surface area (Å²) >= 11 is 6.91. The normalized spacial score (nSPS) is 19.1. The Bertz CT molecular complexity index is 1560. The second-order valence-electron chi connectivity index (χ2n) is 10.6. The molecule has 3 atom stereocenters. The van der Waals surface area contributed by atoms with E-state index in [0.717, 1.165) is 5.56 Å². The monoisotopic (exact) mass is 593 g/mol. The number of amides is 1. The molecule has 0 saturated carbocycles. The predicted molar refractivity (Wildman–Crippen MR) is 161 cm³/mol. The Labute approximate surface area is 248 Å². The van der Waals surface area contributed by atoms with Gasteiger partial charge >= 0.3 is 0 Å². The van der Waals surface area contributed by atoms with Gasteiger partial charge in [0.2, 0.25) is 5.91 Å². The van der Waals surface area contributed by atoms with Crippen molar-refractivity contribution in [3.8, 4) is 17.0 Å². The molecule has 1 saturated heterocycles. The third-order valence-corrected chi connectivity index (χ3v) is 8.16. The highest BCUT2D eigenvalue weighted by molar-refractivity contribution is 6.37. The lowest BCUT2D eigenvalue weighted by molar-refractivity contribution is -0.131. The summed E-state index contributed by atoms with van der Waals surface area (Å²) in [4.78, 5) is 25.3. The summed E-state index contributed by atoms with van der Waals surface area (Å²) in [5, 5.41) is 37.2. The summed E-state index contributed by atoms with van der Waals surface area (Å²) in [7, 11) is 0. The minimum absolute atomic E-state index is 0.0131. The number of piperazine rings is 1. The van der Waals surface area contributed by atoms with Gasteiger partial charge in [-0.2, -0.15) is 0 Å². The molecule has 2 aromatic heterocycles. The van der Waals surface area contributed by atoms with Crippen LogP contribution in [0.2, 0.25) is 5.02 Å². The number of hydrogen-bond acceptors (Lipinski definition) is 8. The number of rotatable bonds is 5. The van der Waals surface area contributed by atoms with Gasteiger partial charge in [-0.25, -0.2) is 9.37 Å². The Kier molecular flexibility index (Phi) is 8.07. The number of benzene rings is 1. The number of anilines is 3. The number of aromatic hydroxyl groups is 1. The number of phenolic OH excluding ortho intramolecular Hbond substituents is 1. The summed E-state index contributed by atoms with van der Waals surface area (Å²) in [6.07, 6.45) is 2.56. The molecule has 5 rings (SSSR count). The van der Waals surface area contributed by atoms with Crippen molar-refractivity contribution in [2.75, 3.05) is 30.3 Å². The molecule has 5 N–H and O–H groups in total. The topological polar surface area (TPSA) is 138 Å².